The van der Waals surface area contributed by atoms with E-state index in [2.05, 4.69) is 20.6 Å². The number of nitrogens with one attached hydrogen (secondary N) is 2. The van der Waals surface area contributed by atoms with E-state index in [4.69, 9.17) is 14.2 Å². The van der Waals surface area contributed by atoms with E-state index in [1.165, 1.54) is 19.2 Å². The number of anilines is 1. The minimum Gasteiger partial charge on any atom is -0.357 e. The Balaban J connectivity index is 1.65. The second-order valence-corrected chi connectivity index (χ2v) is 8.37. The van der Waals surface area contributed by atoms with E-state index in [9.17, 15) is 22.4 Å². The highest BCUT2D eigenvalue weighted by Gasteiger charge is 2.33. The Hall–Kier alpha value is -2.83. The third kappa shape index (κ3) is 5.71. The fourth-order valence-electron chi connectivity index (χ4n) is 4.08. The van der Waals surface area contributed by atoms with Crippen LogP contribution in [0.2, 0.25) is 0 Å². The van der Waals surface area contributed by atoms with Crippen molar-refractivity contribution in [2.24, 2.45) is 0 Å². The van der Waals surface area contributed by atoms with E-state index >= 15 is 0 Å². The average molecular weight is 498 g/mol. The molecule has 4 rings (SSSR count). The molecule has 2 aliphatic rings. The zero-order valence-electron chi connectivity index (χ0n) is 19.2. The van der Waals surface area contributed by atoms with Gasteiger partial charge in [0.15, 0.2) is 12.5 Å². The van der Waals surface area contributed by atoms with Gasteiger partial charge in [-0.15, -0.1) is 0 Å². The lowest BCUT2D eigenvalue weighted by Crippen LogP contribution is -2.45. The number of alkyl halides is 3. The number of halogens is 4. The first kappa shape index (κ1) is 25.3. The summed E-state index contributed by atoms with van der Waals surface area (Å²) in [6, 6.07) is 3.40. The van der Waals surface area contributed by atoms with E-state index in [0.717, 1.165) is 6.07 Å². The topological polar surface area (TPSA) is 94.6 Å². The van der Waals surface area contributed by atoms with Gasteiger partial charge in [-0.2, -0.15) is 0 Å². The standard InChI is InChI=1S/C23H26F4N4O4/c1-11-28-16(10-17(32)30-13-8-12(24)9-13)18(23-34-6-7-35-23)21(29-11)31-22(33-2)15-5-3-4-14(19(15)25)20(26)27/h3-5,12-13,20,22-23H,6-10H2,1-2H3,(H,30,32)(H,28,29,31)/t12-,13-,22?. The Morgan fingerprint density at radius 2 is 1.89 bits per heavy atom. The zero-order valence-corrected chi connectivity index (χ0v) is 19.2. The Labute approximate surface area is 199 Å². The molecule has 1 saturated heterocycles. The van der Waals surface area contributed by atoms with E-state index in [-0.39, 0.29) is 42.6 Å². The molecule has 1 aromatic heterocycles. The van der Waals surface area contributed by atoms with Gasteiger partial charge in [0, 0.05) is 18.7 Å². The summed E-state index contributed by atoms with van der Waals surface area (Å²) in [5, 5.41) is 5.69. The molecule has 1 aliphatic heterocycles. The number of methoxy groups -OCH3 is 1. The van der Waals surface area contributed by atoms with E-state index < -0.39 is 36.5 Å². The molecule has 2 N–H and O–H groups in total. The lowest BCUT2D eigenvalue weighted by molar-refractivity contribution is -0.122. The molecule has 1 aromatic carbocycles. The number of carbonyl (C=O) groups is 1. The molecule has 1 atom stereocenters. The van der Waals surface area contributed by atoms with Crippen molar-refractivity contribution in [3.8, 4) is 0 Å². The van der Waals surface area contributed by atoms with Gasteiger partial charge in [0.1, 0.15) is 23.6 Å². The highest BCUT2D eigenvalue weighted by molar-refractivity contribution is 5.79. The smallest absolute Gasteiger partial charge is 0.266 e. The molecule has 1 amide bonds. The van der Waals surface area contributed by atoms with Crippen LogP contribution in [0.1, 0.15) is 60.0 Å². The summed E-state index contributed by atoms with van der Waals surface area (Å²) in [5.74, 6) is -1.02. The highest BCUT2D eigenvalue weighted by atomic mass is 19.3. The normalized spacial score (nSPS) is 21.1. The van der Waals surface area contributed by atoms with Gasteiger partial charge in [-0.05, 0) is 19.8 Å². The summed E-state index contributed by atoms with van der Waals surface area (Å²) < 4.78 is 71.0. The summed E-state index contributed by atoms with van der Waals surface area (Å²) in [6.07, 6.45) is -5.64. The monoisotopic (exact) mass is 498 g/mol. The number of ether oxygens (including phenoxy) is 3. The van der Waals surface area contributed by atoms with Crippen molar-refractivity contribution in [2.75, 3.05) is 25.6 Å². The van der Waals surface area contributed by atoms with Crippen LogP contribution in [0.5, 0.6) is 0 Å². The molecule has 12 heteroatoms. The highest BCUT2D eigenvalue weighted by Crippen LogP contribution is 2.35. The number of nitrogens with zero attached hydrogens (tertiary/aromatic N) is 2. The van der Waals surface area contributed by atoms with Gasteiger partial charge in [0.2, 0.25) is 5.91 Å². The van der Waals surface area contributed by atoms with Crippen molar-refractivity contribution >= 4 is 11.7 Å². The number of hydrogen-bond donors (Lipinski definition) is 2. The molecule has 1 unspecified atom stereocenters. The van der Waals surface area contributed by atoms with Crippen molar-refractivity contribution in [3.05, 3.63) is 52.2 Å². The average Bonchev–Trinajstić information content (AvgIpc) is 3.30. The summed E-state index contributed by atoms with van der Waals surface area (Å²) in [6.45, 7) is 2.19. The van der Waals surface area contributed by atoms with E-state index in [0.29, 0.717) is 30.3 Å². The maximum absolute atomic E-state index is 14.8. The number of benzene rings is 1. The van der Waals surface area contributed by atoms with Crippen LogP contribution in [-0.2, 0) is 25.4 Å². The fourth-order valence-corrected chi connectivity index (χ4v) is 4.08. The summed E-state index contributed by atoms with van der Waals surface area (Å²) in [7, 11) is 1.29. The van der Waals surface area contributed by atoms with E-state index in [1.54, 1.807) is 6.92 Å². The van der Waals surface area contributed by atoms with E-state index in [1.807, 2.05) is 0 Å². The summed E-state index contributed by atoms with van der Waals surface area (Å²) in [4.78, 5) is 21.4. The molecule has 1 aliphatic carbocycles. The SMILES string of the molecule is COC(Nc1nc(C)nc(CC(=O)N[C@H]2C[C@H](F)C2)c1C1OCCO1)c1cccc(C(F)F)c1F. The van der Waals surface area contributed by atoms with Crippen LogP contribution in [0, 0.1) is 12.7 Å². The zero-order chi connectivity index (χ0) is 25.1. The third-order valence-electron chi connectivity index (χ3n) is 5.85. The van der Waals surface area contributed by atoms with Gasteiger partial charge in [-0.3, -0.25) is 4.79 Å². The van der Waals surface area contributed by atoms with Crippen molar-refractivity contribution < 1.29 is 36.6 Å². The largest absolute Gasteiger partial charge is 0.357 e. The molecular weight excluding hydrogens is 472 g/mol. The molecule has 2 aromatic rings. The van der Waals surface area contributed by atoms with Crippen LogP contribution in [0.25, 0.3) is 0 Å². The summed E-state index contributed by atoms with van der Waals surface area (Å²) >= 11 is 0. The first-order valence-corrected chi connectivity index (χ1v) is 11.2. The number of hydrogen-bond acceptors (Lipinski definition) is 7. The van der Waals surface area contributed by atoms with Crippen molar-refractivity contribution in [1.29, 1.82) is 0 Å². The Bertz CT molecular complexity index is 1060. The van der Waals surface area contributed by atoms with Gasteiger partial charge in [-0.1, -0.05) is 18.2 Å². The van der Waals surface area contributed by atoms with Crippen LogP contribution in [0.4, 0.5) is 23.4 Å². The lowest BCUT2D eigenvalue weighted by Gasteiger charge is -2.30. The molecule has 0 radical (unpaired) electrons. The number of rotatable bonds is 9. The minimum absolute atomic E-state index is 0.147. The molecule has 190 valence electrons. The van der Waals surface area contributed by atoms with Crippen molar-refractivity contribution in [2.45, 2.75) is 57.3 Å². The van der Waals surface area contributed by atoms with Gasteiger partial charge in [0.25, 0.3) is 6.43 Å². The third-order valence-corrected chi connectivity index (χ3v) is 5.85. The van der Waals surface area contributed by atoms with Gasteiger partial charge < -0.3 is 24.8 Å². The second-order valence-electron chi connectivity index (χ2n) is 8.37. The predicted octanol–water partition coefficient (Wildman–Crippen LogP) is 3.82. The minimum atomic E-state index is -3.00. The first-order valence-electron chi connectivity index (χ1n) is 11.2. The predicted molar refractivity (Wildman–Crippen MR) is 116 cm³/mol. The van der Waals surface area contributed by atoms with Crippen molar-refractivity contribution in [3.63, 3.8) is 0 Å². The molecular formula is C23H26F4N4O4. The number of carbonyl (C=O) groups excluding carboxylic acids is 1. The Morgan fingerprint density at radius 3 is 2.51 bits per heavy atom. The number of aryl methyl sites for hydroxylation is 1. The Kier molecular flexibility index (Phi) is 7.82. The number of amides is 1. The van der Waals surface area contributed by atoms with Crippen LogP contribution >= 0.6 is 0 Å². The van der Waals surface area contributed by atoms with Crippen LogP contribution in [0.15, 0.2) is 18.2 Å². The van der Waals surface area contributed by atoms with Crippen LogP contribution in [-0.4, -0.2) is 48.4 Å². The van der Waals surface area contributed by atoms with Crippen LogP contribution in [0.3, 0.4) is 0 Å². The lowest BCUT2D eigenvalue weighted by atomic mass is 9.90. The molecule has 1 saturated carbocycles. The Morgan fingerprint density at radius 1 is 1.20 bits per heavy atom. The van der Waals surface area contributed by atoms with Crippen molar-refractivity contribution in [1.82, 2.24) is 15.3 Å². The quantitative estimate of drug-likeness (QED) is 0.401. The maximum atomic E-state index is 14.8. The van der Waals surface area contributed by atoms with Gasteiger partial charge >= 0.3 is 0 Å². The molecule has 0 bridgehead atoms. The summed E-state index contributed by atoms with van der Waals surface area (Å²) in [5.41, 5.74) is -0.285. The second kappa shape index (κ2) is 10.8. The molecule has 8 nitrogen and oxygen atoms in total. The number of aromatic nitrogens is 2. The van der Waals surface area contributed by atoms with Crippen LogP contribution < -0.4 is 10.6 Å². The molecule has 2 fully saturated rings. The molecule has 0 spiro atoms. The molecule has 35 heavy (non-hydrogen) atoms. The fraction of sp³-hybridized carbons (Fsp3) is 0.522. The first-order chi connectivity index (χ1) is 16.8. The van der Waals surface area contributed by atoms with Gasteiger partial charge in [0.05, 0.1) is 36.5 Å². The maximum Gasteiger partial charge on any atom is 0.266 e. The van der Waals surface area contributed by atoms with Gasteiger partial charge in [-0.25, -0.2) is 27.5 Å². The molecule has 2 heterocycles.